The van der Waals surface area contributed by atoms with E-state index in [-0.39, 0.29) is 0 Å². The van der Waals surface area contributed by atoms with Crippen LogP contribution in [0, 0.1) is 0 Å². The SMILES string of the molecule is CCCOc1cccnc1N(CCN)C1CCCC1. The summed E-state index contributed by atoms with van der Waals surface area (Å²) in [5.41, 5.74) is 5.77. The molecule has 19 heavy (non-hydrogen) atoms. The first kappa shape index (κ1) is 14.1. The van der Waals surface area contributed by atoms with E-state index in [0.29, 0.717) is 12.6 Å². The Morgan fingerprint density at radius 3 is 2.89 bits per heavy atom. The molecule has 0 saturated heterocycles. The highest BCUT2D eigenvalue weighted by molar-refractivity contribution is 5.53. The van der Waals surface area contributed by atoms with E-state index in [4.69, 9.17) is 10.5 Å². The summed E-state index contributed by atoms with van der Waals surface area (Å²) in [4.78, 5) is 6.89. The van der Waals surface area contributed by atoms with Gasteiger partial charge in [-0.3, -0.25) is 0 Å². The Hall–Kier alpha value is -1.29. The van der Waals surface area contributed by atoms with Gasteiger partial charge >= 0.3 is 0 Å². The van der Waals surface area contributed by atoms with Crippen molar-refractivity contribution < 1.29 is 4.74 Å². The van der Waals surface area contributed by atoms with Crippen molar-refractivity contribution >= 4 is 5.82 Å². The Balaban J connectivity index is 2.19. The first-order valence-electron chi connectivity index (χ1n) is 7.41. The zero-order chi connectivity index (χ0) is 13.5. The van der Waals surface area contributed by atoms with Gasteiger partial charge in [-0.15, -0.1) is 0 Å². The summed E-state index contributed by atoms with van der Waals surface area (Å²) < 4.78 is 5.83. The number of nitrogens with zero attached hydrogens (tertiary/aromatic N) is 2. The van der Waals surface area contributed by atoms with Crippen molar-refractivity contribution in [2.45, 2.75) is 45.1 Å². The lowest BCUT2D eigenvalue weighted by molar-refractivity contribution is 0.315. The third-order valence-corrected chi connectivity index (χ3v) is 3.62. The standard InChI is InChI=1S/C15H25N3O/c1-2-12-19-14-8-5-10-17-15(14)18(11-9-16)13-6-3-4-7-13/h5,8,10,13H,2-4,6-7,9,11-12,16H2,1H3. The van der Waals surface area contributed by atoms with Crippen LogP contribution in [0.15, 0.2) is 18.3 Å². The number of ether oxygens (including phenoxy) is 1. The molecular formula is C15H25N3O. The molecular weight excluding hydrogens is 238 g/mol. The maximum Gasteiger partial charge on any atom is 0.171 e. The molecule has 2 rings (SSSR count). The number of hydrogen-bond donors (Lipinski definition) is 1. The summed E-state index contributed by atoms with van der Waals surface area (Å²) in [6.07, 6.45) is 7.95. The van der Waals surface area contributed by atoms with Crippen LogP contribution < -0.4 is 15.4 Å². The van der Waals surface area contributed by atoms with E-state index < -0.39 is 0 Å². The summed E-state index contributed by atoms with van der Waals surface area (Å²) in [6, 6.07) is 4.52. The van der Waals surface area contributed by atoms with Crippen molar-refractivity contribution in [3.8, 4) is 5.75 Å². The molecule has 106 valence electrons. The predicted molar refractivity (Wildman–Crippen MR) is 78.7 cm³/mol. The molecule has 4 nitrogen and oxygen atoms in total. The van der Waals surface area contributed by atoms with Crippen molar-refractivity contribution in [3.05, 3.63) is 18.3 Å². The highest BCUT2D eigenvalue weighted by Crippen LogP contribution is 2.32. The fourth-order valence-electron chi connectivity index (χ4n) is 2.74. The first-order valence-corrected chi connectivity index (χ1v) is 7.41. The van der Waals surface area contributed by atoms with Gasteiger partial charge in [0.2, 0.25) is 0 Å². The van der Waals surface area contributed by atoms with Crippen molar-refractivity contribution in [2.75, 3.05) is 24.6 Å². The minimum absolute atomic E-state index is 0.572. The highest BCUT2D eigenvalue weighted by Gasteiger charge is 2.25. The molecule has 0 bridgehead atoms. The molecule has 1 aromatic rings. The molecule has 2 N–H and O–H groups in total. The van der Waals surface area contributed by atoms with Crippen LogP contribution in [0.4, 0.5) is 5.82 Å². The number of aromatic nitrogens is 1. The Labute approximate surface area is 116 Å². The van der Waals surface area contributed by atoms with Crippen molar-refractivity contribution in [3.63, 3.8) is 0 Å². The monoisotopic (exact) mass is 263 g/mol. The van der Waals surface area contributed by atoms with Crippen LogP contribution in [0.3, 0.4) is 0 Å². The second-order valence-electron chi connectivity index (χ2n) is 5.09. The lowest BCUT2D eigenvalue weighted by Gasteiger charge is -2.30. The first-order chi connectivity index (χ1) is 9.36. The van der Waals surface area contributed by atoms with Gasteiger partial charge in [0.05, 0.1) is 6.61 Å². The predicted octanol–water partition coefficient (Wildman–Crippen LogP) is 2.58. The molecule has 1 aliphatic carbocycles. The summed E-state index contributed by atoms with van der Waals surface area (Å²) in [6.45, 7) is 4.36. The van der Waals surface area contributed by atoms with E-state index in [1.165, 1.54) is 25.7 Å². The molecule has 0 aromatic carbocycles. The minimum Gasteiger partial charge on any atom is -0.490 e. The van der Waals surface area contributed by atoms with Crippen LogP contribution in [-0.2, 0) is 0 Å². The molecule has 0 amide bonds. The average molecular weight is 263 g/mol. The molecule has 4 heteroatoms. The second kappa shape index (κ2) is 7.34. The zero-order valence-corrected chi connectivity index (χ0v) is 11.8. The van der Waals surface area contributed by atoms with Gasteiger partial charge < -0.3 is 15.4 Å². The van der Waals surface area contributed by atoms with Crippen molar-refractivity contribution in [1.82, 2.24) is 4.98 Å². The largest absolute Gasteiger partial charge is 0.490 e. The van der Waals surface area contributed by atoms with Crippen LogP contribution in [-0.4, -0.2) is 30.7 Å². The van der Waals surface area contributed by atoms with E-state index in [1.807, 2.05) is 18.3 Å². The summed E-state index contributed by atoms with van der Waals surface area (Å²) in [5, 5.41) is 0. The topological polar surface area (TPSA) is 51.4 Å². The highest BCUT2D eigenvalue weighted by atomic mass is 16.5. The quantitative estimate of drug-likeness (QED) is 0.821. The maximum atomic E-state index is 5.83. The van der Waals surface area contributed by atoms with Crippen LogP contribution in [0.25, 0.3) is 0 Å². The smallest absolute Gasteiger partial charge is 0.171 e. The molecule has 1 saturated carbocycles. The molecule has 1 aliphatic rings. The lowest BCUT2D eigenvalue weighted by Crippen LogP contribution is -2.38. The zero-order valence-electron chi connectivity index (χ0n) is 11.8. The number of anilines is 1. The molecule has 0 radical (unpaired) electrons. The average Bonchev–Trinajstić information content (AvgIpc) is 2.97. The molecule has 0 unspecified atom stereocenters. The normalized spacial score (nSPS) is 15.7. The molecule has 0 aliphatic heterocycles. The minimum atomic E-state index is 0.572. The summed E-state index contributed by atoms with van der Waals surface area (Å²) >= 11 is 0. The number of rotatable bonds is 7. The van der Waals surface area contributed by atoms with Gasteiger partial charge in [-0.1, -0.05) is 19.8 Å². The number of hydrogen-bond acceptors (Lipinski definition) is 4. The van der Waals surface area contributed by atoms with E-state index in [2.05, 4.69) is 16.8 Å². The Bertz CT molecular complexity index is 377. The summed E-state index contributed by atoms with van der Waals surface area (Å²) in [5.74, 6) is 1.86. The van der Waals surface area contributed by atoms with Gasteiger partial charge in [-0.2, -0.15) is 0 Å². The van der Waals surface area contributed by atoms with E-state index in [0.717, 1.165) is 31.1 Å². The van der Waals surface area contributed by atoms with E-state index in [1.54, 1.807) is 0 Å². The number of pyridine rings is 1. The van der Waals surface area contributed by atoms with Gasteiger partial charge in [0, 0.05) is 25.3 Å². The van der Waals surface area contributed by atoms with Crippen molar-refractivity contribution in [1.29, 1.82) is 0 Å². The molecule has 0 atom stereocenters. The van der Waals surface area contributed by atoms with Gasteiger partial charge in [-0.05, 0) is 31.4 Å². The van der Waals surface area contributed by atoms with E-state index in [9.17, 15) is 0 Å². The van der Waals surface area contributed by atoms with Gasteiger partial charge in [-0.25, -0.2) is 4.98 Å². The lowest BCUT2D eigenvalue weighted by atomic mass is 10.2. The van der Waals surface area contributed by atoms with Gasteiger partial charge in [0.15, 0.2) is 11.6 Å². The third-order valence-electron chi connectivity index (χ3n) is 3.62. The van der Waals surface area contributed by atoms with Crippen molar-refractivity contribution in [2.24, 2.45) is 5.73 Å². The van der Waals surface area contributed by atoms with Crippen LogP contribution in [0.2, 0.25) is 0 Å². The Kier molecular flexibility index (Phi) is 5.45. The van der Waals surface area contributed by atoms with Crippen LogP contribution in [0.1, 0.15) is 39.0 Å². The molecule has 1 aromatic heterocycles. The molecule has 1 heterocycles. The second-order valence-corrected chi connectivity index (χ2v) is 5.09. The van der Waals surface area contributed by atoms with Gasteiger partial charge in [0.25, 0.3) is 0 Å². The van der Waals surface area contributed by atoms with Crippen LogP contribution in [0.5, 0.6) is 5.75 Å². The fourth-order valence-corrected chi connectivity index (χ4v) is 2.74. The van der Waals surface area contributed by atoms with E-state index >= 15 is 0 Å². The van der Waals surface area contributed by atoms with Gasteiger partial charge in [0.1, 0.15) is 0 Å². The Morgan fingerprint density at radius 1 is 1.42 bits per heavy atom. The third kappa shape index (κ3) is 3.60. The van der Waals surface area contributed by atoms with Crippen LogP contribution >= 0.6 is 0 Å². The maximum absolute atomic E-state index is 5.83. The molecule has 1 fully saturated rings. The Morgan fingerprint density at radius 2 is 2.21 bits per heavy atom. The molecule has 0 spiro atoms. The fraction of sp³-hybridized carbons (Fsp3) is 0.667. The summed E-state index contributed by atoms with van der Waals surface area (Å²) in [7, 11) is 0. The number of nitrogens with two attached hydrogens (primary N) is 1.